The van der Waals surface area contributed by atoms with Crippen molar-refractivity contribution in [2.75, 3.05) is 19.6 Å². The molecule has 17 heavy (non-hydrogen) atoms. The fraction of sp³-hybridized carbons (Fsp3) is 0.462. The van der Waals surface area contributed by atoms with Gasteiger partial charge in [-0.1, -0.05) is 6.07 Å². The molecule has 1 saturated heterocycles. The zero-order valence-corrected chi connectivity index (χ0v) is 9.78. The molecule has 4 nitrogen and oxygen atoms in total. The summed E-state index contributed by atoms with van der Waals surface area (Å²) in [5, 5.41) is 15.5. The number of benzene rings is 1. The van der Waals surface area contributed by atoms with Crippen LogP contribution in [-0.4, -0.2) is 30.6 Å². The summed E-state index contributed by atoms with van der Waals surface area (Å²) in [6, 6.07) is 6.41. The summed E-state index contributed by atoms with van der Waals surface area (Å²) in [5.74, 6) is 0.684. The molecule has 0 bridgehead atoms. The van der Waals surface area contributed by atoms with E-state index in [-0.39, 0.29) is 11.7 Å². The van der Waals surface area contributed by atoms with Crippen LogP contribution in [0.3, 0.4) is 0 Å². The van der Waals surface area contributed by atoms with Gasteiger partial charge in [0.2, 0.25) is 0 Å². The van der Waals surface area contributed by atoms with Gasteiger partial charge in [0.1, 0.15) is 5.75 Å². The quantitative estimate of drug-likeness (QED) is 0.731. The first-order valence-electron chi connectivity index (χ1n) is 6.03. The zero-order valence-electron chi connectivity index (χ0n) is 9.78. The summed E-state index contributed by atoms with van der Waals surface area (Å²) in [4.78, 5) is 11.7. The fourth-order valence-corrected chi connectivity index (χ4v) is 2.10. The Hall–Kier alpha value is -1.55. The SMILES string of the molecule is O=C(NCCC1CCNC1)c1cccc(O)c1. The van der Waals surface area contributed by atoms with Crippen molar-refractivity contribution < 1.29 is 9.90 Å². The monoisotopic (exact) mass is 234 g/mol. The second kappa shape index (κ2) is 5.68. The summed E-state index contributed by atoms with van der Waals surface area (Å²) < 4.78 is 0. The molecular weight excluding hydrogens is 216 g/mol. The van der Waals surface area contributed by atoms with E-state index in [9.17, 15) is 9.90 Å². The minimum absolute atomic E-state index is 0.119. The van der Waals surface area contributed by atoms with Crippen LogP contribution in [0, 0.1) is 5.92 Å². The second-order valence-corrected chi connectivity index (χ2v) is 4.45. The number of aromatic hydroxyl groups is 1. The zero-order chi connectivity index (χ0) is 12.1. The van der Waals surface area contributed by atoms with Gasteiger partial charge < -0.3 is 15.7 Å². The molecule has 1 amide bonds. The topological polar surface area (TPSA) is 61.4 Å². The molecule has 0 saturated carbocycles. The Morgan fingerprint density at radius 2 is 2.41 bits per heavy atom. The Morgan fingerprint density at radius 1 is 1.53 bits per heavy atom. The van der Waals surface area contributed by atoms with Gasteiger partial charge in [-0.05, 0) is 50.0 Å². The van der Waals surface area contributed by atoms with Crippen molar-refractivity contribution in [3.05, 3.63) is 29.8 Å². The van der Waals surface area contributed by atoms with E-state index in [4.69, 9.17) is 0 Å². The molecule has 4 heteroatoms. The minimum atomic E-state index is -0.119. The first-order valence-corrected chi connectivity index (χ1v) is 6.03. The summed E-state index contributed by atoms with van der Waals surface area (Å²) in [5.41, 5.74) is 0.509. The molecule has 1 fully saturated rings. The van der Waals surface area contributed by atoms with Crippen LogP contribution < -0.4 is 10.6 Å². The number of hydrogen-bond donors (Lipinski definition) is 3. The maximum Gasteiger partial charge on any atom is 0.251 e. The molecule has 3 N–H and O–H groups in total. The highest BCUT2D eigenvalue weighted by molar-refractivity contribution is 5.94. The summed E-state index contributed by atoms with van der Waals surface area (Å²) in [7, 11) is 0. The van der Waals surface area contributed by atoms with Crippen LogP contribution in [0.2, 0.25) is 0 Å². The highest BCUT2D eigenvalue weighted by Crippen LogP contribution is 2.12. The molecule has 1 aliphatic heterocycles. The van der Waals surface area contributed by atoms with Gasteiger partial charge >= 0.3 is 0 Å². The highest BCUT2D eigenvalue weighted by atomic mass is 16.3. The van der Waals surface area contributed by atoms with Gasteiger partial charge in [-0.3, -0.25) is 4.79 Å². The Bertz CT molecular complexity index is 387. The third kappa shape index (κ3) is 3.46. The summed E-state index contributed by atoms with van der Waals surface area (Å²) in [6.45, 7) is 2.84. The van der Waals surface area contributed by atoms with Gasteiger partial charge in [-0.2, -0.15) is 0 Å². The molecule has 1 atom stereocenters. The van der Waals surface area contributed by atoms with Crippen LogP contribution in [0.1, 0.15) is 23.2 Å². The number of amides is 1. The van der Waals surface area contributed by atoms with E-state index < -0.39 is 0 Å². The summed E-state index contributed by atoms with van der Waals surface area (Å²) in [6.07, 6.45) is 2.21. The molecule has 0 radical (unpaired) electrons. The van der Waals surface area contributed by atoms with Gasteiger partial charge in [-0.25, -0.2) is 0 Å². The van der Waals surface area contributed by atoms with Gasteiger partial charge in [0.05, 0.1) is 0 Å². The highest BCUT2D eigenvalue weighted by Gasteiger charge is 2.14. The first kappa shape index (κ1) is 11.9. The fourth-order valence-electron chi connectivity index (χ4n) is 2.10. The Morgan fingerprint density at radius 3 is 3.12 bits per heavy atom. The van der Waals surface area contributed by atoms with E-state index in [0.717, 1.165) is 19.5 Å². The number of phenolic OH excluding ortho intramolecular Hbond substituents is 1. The van der Waals surface area contributed by atoms with Crippen LogP contribution >= 0.6 is 0 Å². The van der Waals surface area contributed by atoms with Crippen LogP contribution in [0.25, 0.3) is 0 Å². The molecule has 1 aromatic carbocycles. The normalized spacial score (nSPS) is 19.2. The van der Waals surface area contributed by atoms with E-state index in [0.29, 0.717) is 18.0 Å². The number of phenols is 1. The average molecular weight is 234 g/mol. The number of hydrogen-bond acceptors (Lipinski definition) is 3. The van der Waals surface area contributed by atoms with E-state index >= 15 is 0 Å². The Labute approximate surface area is 101 Å². The van der Waals surface area contributed by atoms with Crippen LogP contribution in [0.15, 0.2) is 24.3 Å². The van der Waals surface area contributed by atoms with Crippen molar-refractivity contribution in [2.45, 2.75) is 12.8 Å². The molecule has 0 aliphatic carbocycles. The molecular formula is C13H18N2O2. The third-order valence-electron chi connectivity index (χ3n) is 3.11. The molecule has 1 unspecified atom stereocenters. The van der Waals surface area contributed by atoms with Gasteiger partial charge in [0.25, 0.3) is 5.91 Å². The lowest BCUT2D eigenvalue weighted by Gasteiger charge is -2.09. The van der Waals surface area contributed by atoms with Crippen LogP contribution in [0.5, 0.6) is 5.75 Å². The molecule has 1 aromatic rings. The molecule has 0 aromatic heterocycles. The molecule has 2 rings (SSSR count). The van der Waals surface area contributed by atoms with E-state index in [2.05, 4.69) is 10.6 Å². The average Bonchev–Trinajstić information content (AvgIpc) is 2.82. The lowest BCUT2D eigenvalue weighted by molar-refractivity contribution is 0.0951. The van der Waals surface area contributed by atoms with Crippen LogP contribution in [0.4, 0.5) is 0 Å². The van der Waals surface area contributed by atoms with Crippen LogP contribution in [-0.2, 0) is 0 Å². The minimum Gasteiger partial charge on any atom is -0.508 e. The van der Waals surface area contributed by atoms with Gasteiger partial charge in [0.15, 0.2) is 0 Å². The number of nitrogens with one attached hydrogen (secondary N) is 2. The number of rotatable bonds is 4. The van der Waals surface area contributed by atoms with E-state index in [1.165, 1.54) is 12.5 Å². The Balaban J connectivity index is 1.77. The first-order chi connectivity index (χ1) is 8.25. The molecule has 1 heterocycles. The smallest absolute Gasteiger partial charge is 0.251 e. The lowest BCUT2D eigenvalue weighted by atomic mass is 10.1. The van der Waals surface area contributed by atoms with Gasteiger partial charge in [0, 0.05) is 12.1 Å². The number of carbonyl (C=O) groups excluding carboxylic acids is 1. The molecule has 92 valence electrons. The summed E-state index contributed by atoms with van der Waals surface area (Å²) >= 11 is 0. The predicted molar refractivity (Wildman–Crippen MR) is 66.0 cm³/mol. The van der Waals surface area contributed by atoms with E-state index in [1.54, 1.807) is 18.2 Å². The van der Waals surface area contributed by atoms with Gasteiger partial charge in [-0.15, -0.1) is 0 Å². The van der Waals surface area contributed by atoms with Crippen molar-refractivity contribution in [3.63, 3.8) is 0 Å². The van der Waals surface area contributed by atoms with Crippen molar-refractivity contribution in [3.8, 4) is 5.75 Å². The van der Waals surface area contributed by atoms with E-state index in [1.807, 2.05) is 0 Å². The second-order valence-electron chi connectivity index (χ2n) is 4.45. The molecule has 0 spiro atoms. The molecule has 1 aliphatic rings. The number of carbonyl (C=O) groups is 1. The van der Waals surface area contributed by atoms with Crippen molar-refractivity contribution >= 4 is 5.91 Å². The maximum atomic E-state index is 11.7. The predicted octanol–water partition coefficient (Wildman–Crippen LogP) is 1.12. The standard InChI is InChI=1S/C13H18N2O2/c16-12-3-1-2-11(8-12)13(17)15-7-5-10-4-6-14-9-10/h1-3,8,10,14,16H,4-7,9H2,(H,15,17). The van der Waals surface area contributed by atoms with Crippen molar-refractivity contribution in [1.29, 1.82) is 0 Å². The maximum absolute atomic E-state index is 11.7. The Kier molecular flexibility index (Phi) is 3.98. The van der Waals surface area contributed by atoms with Crippen molar-refractivity contribution in [2.24, 2.45) is 5.92 Å². The third-order valence-corrected chi connectivity index (χ3v) is 3.11. The largest absolute Gasteiger partial charge is 0.508 e. The lowest BCUT2D eigenvalue weighted by Crippen LogP contribution is -2.26. The van der Waals surface area contributed by atoms with Crippen molar-refractivity contribution in [1.82, 2.24) is 10.6 Å².